The zero-order chi connectivity index (χ0) is 11.4. The number of hydrogen-bond donors (Lipinski definition) is 1. The van der Waals surface area contributed by atoms with Crippen molar-refractivity contribution in [2.24, 2.45) is 5.73 Å². The molecule has 0 atom stereocenters. The van der Waals surface area contributed by atoms with Crippen molar-refractivity contribution in [2.45, 2.75) is 33.4 Å². The van der Waals surface area contributed by atoms with Gasteiger partial charge in [0.1, 0.15) is 0 Å². The van der Waals surface area contributed by atoms with Crippen LogP contribution in [0.1, 0.15) is 26.3 Å². The van der Waals surface area contributed by atoms with Crippen LogP contribution in [-0.2, 0) is 6.54 Å². The maximum Gasteiger partial charge on any atom is 0.170 e. The standard InChI is InChI=1S/C11H18FN3/c1-4-15(8(2)3)11-10(12)9(7-13)5-6-14-11/h5-6,8H,4,7,13H2,1-3H3. The lowest BCUT2D eigenvalue weighted by Gasteiger charge is -2.27. The maximum atomic E-state index is 13.9. The van der Waals surface area contributed by atoms with Crippen LogP contribution in [0.2, 0.25) is 0 Å². The Hall–Kier alpha value is -1.16. The van der Waals surface area contributed by atoms with Crippen LogP contribution in [0.4, 0.5) is 10.2 Å². The normalized spacial score (nSPS) is 10.8. The highest BCUT2D eigenvalue weighted by Gasteiger charge is 2.16. The Labute approximate surface area is 90.1 Å². The number of halogens is 1. The van der Waals surface area contributed by atoms with Gasteiger partial charge in [0.15, 0.2) is 11.6 Å². The van der Waals surface area contributed by atoms with Gasteiger partial charge in [-0.3, -0.25) is 0 Å². The molecule has 1 aromatic heterocycles. The lowest BCUT2D eigenvalue weighted by atomic mass is 10.2. The van der Waals surface area contributed by atoms with E-state index in [0.29, 0.717) is 11.4 Å². The largest absolute Gasteiger partial charge is 0.352 e. The Balaban J connectivity index is 3.12. The third-order valence-electron chi connectivity index (χ3n) is 2.41. The van der Waals surface area contributed by atoms with Gasteiger partial charge >= 0.3 is 0 Å². The van der Waals surface area contributed by atoms with Gasteiger partial charge in [0.25, 0.3) is 0 Å². The second kappa shape index (κ2) is 5.07. The number of hydrogen-bond acceptors (Lipinski definition) is 3. The van der Waals surface area contributed by atoms with Gasteiger partial charge < -0.3 is 10.6 Å². The van der Waals surface area contributed by atoms with Gasteiger partial charge in [0.05, 0.1) is 0 Å². The van der Waals surface area contributed by atoms with Gasteiger partial charge in [-0.05, 0) is 26.8 Å². The van der Waals surface area contributed by atoms with Crippen LogP contribution in [0.15, 0.2) is 12.3 Å². The molecule has 84 valence electrons. The van der Waals surface area contributed by atoms with Crippen LogP contribution in [0.5, 0.6) is 0 Å². The SMILES string of the molecule is CCN(c1nccc(CN)c1F)C(C)C. The van der Waals surface area contributed by atoms with E-state index in [4.69, 9.17) is 5.73 Å². The molecule has 0 bridgehead atoms. The highest BCUT2D eigenvalue weighted by atomic mass is 19.1. The Bertz CT molecular complexity index is 326. The van der Waals surface area contributed by atoms with E-state index in [9.17, 15) is 4.39 Å². The molecule has 0 aromatic carbocycles. The molecule has 0 radical (unpaired) electrons. The van der Waals surface area contributed by atoms with Crippen molar-refractivity contribution in [2.75, 3.05) is 11.4 Å². The van der Waals surface area contributed by atoms with Crippen LogP contribution in [0.3, 0.4) is 0 Å². The van der Waals surface area contributed by atoms with Crippen molar-refractivity contribution in [1.82, 2.24) is 4.98 Å². The fraction of sp³-hybridized carbons (Fsp3) is 0.545. The number of anilines is 1. The van der Waals surface area contributed by atoms with Crippen LogP contribution >= 0.6 is 0 Å². The highest BCUT2D eigenvalue weighted by Crippen LogP contribution is 2.20. The molecular weight excluding hydrogens is 193 g/mol. The van der Waals surface area contributed by atoms with Crippen molar-refractivity contribution >= 4 is 5.82 Å². The number of aromatic nitrogens is 1. The molecule has 0 fully saturated rings. The summed E-state index contributed by atoms with van der Waals surface area (Å²) in [7, 11) is 0. The lowest BCUT2D eigenvalue weighted by molar-refractivity contribution is 0.581. The van der Waals surface area contributed by atoms with Crippen LogP contribution in [0, 0.1) is 5.82 Å². The average molecular weight is 211 g/mol. The number of pyridine rings is 1. The van der Waals surface area contributed by atoms with Gasteiger partial charge in [-0.15, -0.1) is 0 Å². The molecule has 0 aliphatic rings. The molecule has 0 unspecified atom stereocenters. The van der Waals surface area contributed by atoms with E-state index < -0.39 is 0 Å². The van der Waals surface area contributed by atoms with E-state index in [1.807, 2.05) is 25.7 Å². The summed E-state index contributed by atoms with van der Waals surface area (Å²) >= 11 is 0. The molecule has 0 aliphatic carbocycles. The molecule has 0 spiro atoms. The minimum Gasteiger partial charge on any atom is -0.352 e. The Morgan fingerprint density at radius 2 is 2.20 bits per heavy atom. The molecule has 0 aliphatic heterocycles. The molecule has 4 heteroatoms. The Kier molecular flexibility index (Phi) is 4.03. The van der Waals surface area contributed by atoms with E-state index in [1.165, 1.54) is 0 Å². The predicted molar refractivity (Wildman–Crippen MR) is 60.2 cm³/mol. The Morgan fingerprint density at radius 1 is 1.53 bits per heavy atom. The molecule has 1 rings (SSSR count). The van der Waals surface area contributed by atoms with Crippen molar-refractivity contribution in [3.8, 4) is 0 Å². The second-order valence-electron chi connectivity index (χ2n) is 3.69. The molecule has 1 heterocycles. The summed E-state index contributed by atoms with van der Waals surface area (Å²) < 4.78 is 13.9. The van der Waals surface area contributed by atoms with E-state index in [-0.39, 0.29) is 18.4 Å². The number of nitrogens with zero attached hydrogens (tertiary/aromatic N) is 2. The van der Waals surface area contributed by atoms with E-state index in [1.54, 1.807) is 12.3 Å². The molecule has 0 saturated heterocycles. The first-order valence-electron chi connectivity index (χ1n) is 5.21. The molecule has 1 aromatic rings. The number of rotatable bonds is 4. The molecule has 15 heavy (non-hydrogen) atoms. The fourth-order valence-corrected chi connectivity index (χ4v) is 1.59. The summed E-state index contributed by atoms with van der Waals surface area (Å²) in [6, 6.07) is 1.84. The fourth-order valence-electron chi connectivity index (χ4n) is 1.59. The topological polar surface area (TPSA) is 42.2 Å². The molecule has 2 N–H and O–H groups in total. The minimum atomic E-state index is -0.296. The van der Waals surface area contributed by atoms with E-state index >= 15 is 0 Å². The summed E-state index contributed by atoms with van der Waals surface area (Å²) in [4.78, 5) is 5.99. The van der Waals surface area contributed by atoms with Crippen LogP contribution in [0.25, 0.3) is 0 Å². The zero-order valence-electron chi connectivity index (χ0n) is 9.50. The summed E-state index contributed by atoms with van der Waals surface area (Å²) in [5.74, 6) is 0.103. The predicted octanol–water partition coefficient (Wildman–Crippen LogP) is 1.91. The summed E-state index contributed by atoms with van der Waals surface area (Å²) in [6.45, 7) is 6.95. The van der Waals surface area contributed by atoms with Crippen molar-refractivity contribution < 1.29 is 4.39 Å². The lowest BCUT2D eigenvalue weighted by Crippen LogP contribution is -2.32. The second-order valence-corrected chi connectivity index (χ2v) is 3.69. The highest BCUT2D eigenvalue weighted by molar-refractivity contribution is 5.43. The number of nitrogens with two attached hydrogens (primary N) is 1. The van der Waals surface area contributed by atoms with Gasteiger partial charge in [-0.1, -0.05) is 0 Å². The summed E-state index contributed by atoms with van der Waals surface area (Å²) in [5.41, 5.74) is 5.96. The first kappa shape index (κ1) is 11.9. The molecular formula is C11H18FN3. The van der Waals surface area contributed by atoms with Gasteiger partial charge in [0.2, 0.25) is 0 Å². The van der Waals surface area contributed by atoms with Crippen LogP contribution < -0.4 is 10.6 Å². The monoisotopic (exact) mass is 211 g/mol. The summed E-state index contributed by atoms with van der Waals surface area (Å²) in [6.07, 6.45) is 1.60. The molecule has 0 saturated carbocycles. The smallest absolute Gasteiger partial charge is 0.170 e. The third kappa shape index (κ3) is 2.45. The van der Waals surface area contributed by atoms with Gasteiger partial charge in [0, 0.05) is 30.9 Å². The minimum absolute atomic E-state index is 0.205. The maximum absolute atomic E-state index is 13.9. The first-order valence-corrected chi connectivity index (χ1v) is 5.21. The quantitative estimate of drug-likeness (QED) is 0.827. The summed E-state index contributed by atoms with van der Waals surface area (Å²) in [5, 5.41) is 0. The Morgan fingerprint density at radius 3 is 2.67 bits per heavy atom. The zero-order valence-corrected chi connectivity index (χ0v) is 9.50. The molecule has 0 amide bonds. The van der Waals surface area contributed by atoms with E-state index in [2.05, 4.69) is 4.98 Å². The van der Waals surface area contributed by atoms with Crippen LogP contribution in [-0.4, -0.2) is 17.6 Å². The van der Waals surface area contributed by atoms with E-state index in [0.717, 1.165) is 6.54 Å². The third-order valence-corrected chi connectivity index (χ3v) is 2.41. The van der Waals surface area contributed by atoms with Gasteiger partial charge in [-0.25, -0.2) is 9.37 Å². The average Bonchev–Trinajstić information content (AvgIpc) is 2.21. The van der Waals surface area contributed by atoms with Gasteiger partial charge in [-0.2, -0.15) is 0 Å². The first-order chi connectivity index (χ1) is 7.11. The van der Waals surface area contributed by atoms with Crippen molar-refractivity contribution in [1.29, 1.82) is 0 Å². The molecule has 3 nitrogen and oxygen atoms in total. The van der Waals surface area contributed by atoms with Crippen molar-refractivity contribution in [3.63, 3.8) is 0 Å². The van der Waals surface area contributed by atoms with Crippen molar-refractivity contribution in [3.05, 3.63) is 23.6 Å².